The van der Waals surface area contributed by atoms with Gasteiger partial charge in [-0.15, -0.1) is 10.2 Å². The van der Waals surface area contributed by atoms with Crippen LogP contribution in [-0.4, -0.2) is 53.7 Å². The summed E-state index contributed by atoms with van der Waals surface area (Å²) in [5.74, 6) is 0.962. The van der Waals surface area contributed by atoms with Crippen LogP contribution in [0.3, 0.4) is 0 Å². The van der Waals surface area contributed by atoms with Gasteiger partial charge in [-0.2, -0.15) is 11.3 Å². The fourth-order valence-corrected chi connectivity index (χ4v) is 4.08. The minimum absolute atomic E-state index is 0.0863. The van der Waals surface area contributed by atoms with Crippen LogP contribution in [0.5, 0.6) is 0 Å². The highest BCUT2D eigenvalue weighted by Crippen LogP contribution is 2.29. The van der Waals surface area contributed by atoms with Crippen molar-refractivity contribution in [3.63, 3.8) is 0 Å². The SMILES string of the molecule is COC(=O)c1ccc(NC(=O)CN2CCC(c3nnc(-c4ccsc4)o3)CC2)cc1. The van der Waals surface area contributed by atoms with E-state index in [1.807, 2.05) is 16.8 Å². The number of methoxy groups -OCH3 is 1. The van der Waals surface area contributed by atoms with Crippen molar-refractivity contribution in [1.82, 2.24) is 15.1 Å². The molecule has 1 saturated heterocycles. The molecule has 156 valence electrons. The number of thiophene rings is 1. The van der Waals surface area contributed by atoms with Gasteiger partial charge in [0.15, 0.2) is 0 Å². The number of carbonyl (C=O) groups excluding carboxylic acids is 2. The van der Waals surface area contributed by atoms with Crippen molar-refractivity contribution in [2.24, 2.45) is 0 Å². The van der Waals surface area contributed by atoms with Crippen LogP contribution in [-0.2, 0) is 9.53 Å². The molecule has 30 heavy (non-hydrogen) atoms. The smallest absolute Gasteiger partial charge is 0.337 e. The number of esters is 1. The lowest BCUT2D eigenvalue weighted by atomic mass is 9.97. The Bertz CT molecular complexity index is 992. The van der Waals surface area contributed by atoms with E-state index in [4.69, 9.17) is 4.42 Å². The fourth-order valence-electron chi connectivity index (χ4n) is 3.45. The summed E-state index contributed by atoms with van der Waals surface area (Å²) in [6, 6.07) is 8.60. The molecule has 8 nitrogen and oxygen atoms in total. The molecule has 0 radical (unpaired) electrons. The molecule has 0 atom stereocenters. The number of piperidine rings is 1. The van der Waals surface area contributed by atoms with Gasteiger partial charge in [0.05, 0.1) is 19.2 Å². The lowest BCUT2D eigenvalue weighted by Crippen LogP contribution is -2.38. The van der Waals surface area contributed by atoms with Crippen molar-refractivity contribution in [2.75, 3.05) is 32.1 Å². The summed E-state index contributed by atoms with van der Waals surface area (Å²) in [4.78, 5) is 25.9. The van der Waals surface area contributed by atoms with Crippen LogP contribution in [0, 0.1) is 0 Å². The van der Waals surface area contributed by atoms with Crippen LogP contribution in [0.15, 0.2) is 45.5 Å². The van der Waals surface area contributed by atoms with Crippen LogP contribution >= 0.6 is 11.3 Å². The molecule has 0 spiro atoms. The van der Waals surface area contributed by atoms with Crippen molar-refractivity contribution in [1.29, 1.82) is 0 Å². The van der Waals surface area contributed by atoms with Crippen LogP contribution in [0.4, 0.5) is 5.69 Å². The molecule has 1 amide bonds. The molecule has 1 N–H and O–H groups in total. The first-order chi connectivity index (χ1) is 14.6. The number of hydrogen-bond donors (Lipinski definition) is 1. The lowest BCUT2D eigenvalue weighted by Gasteiger charge is -2.29. The Hall–Kier alpha value is -3.04. The Morgan fingerprint density at radius 3 is 2.63 bits per heavy atom. The number of hydrogen-bond acceptors (Lipinski definition) is 8. The van der Waals surface area contributed by atoms with Gasteiger partial charge in [0.25, 0.3) is 0 Å². The van der Waals surface area contributed by atoms with E-state index in [-0.39, 0.29) is 11.8 Å². The minimum atomic E-state index is -0.403. The molecule has 1 aliphatic heterocycles. The van der Waals surface area contributed by atoms with Crippen molar-refractivity contribution >= 4 is 28.9 Å². The normalized spacial score (nSPS) is 15.1. The molecule has 1 fully saturated rings. The number of rotatable bonds is 6. The quantitative estimate of drug-likeness (QED) is 0.603. The summed E-state index contributed by atoms with van der Waals surface area (Å²) >= 11 is 1.60. The molecule has 3 heterocycles. The maximum atomic E-state index is 12.4. The second-order valence-electron chi connectivity index (χ2n) is 7.13. The molecule has 2 aromatic heterocycles. The van der Waals surface area contributed by atoms with Crippen LogP contribution in [0.25, 0.3) is 11.5 Å². The van der Waals surface area contributed by atoms with Gasteiger partial charge in [0, 0.05) is 22.5 Å². The van der Waals surface area contributed by atoms with Gasteiger partial charge < -0.3 is 14.5 Å². The number of aromatic nitrogens is 2. The Balaban J connectivity index is 1.25. The maximum absolute atomic E-state index is 12.4. The van der Waals surface area contributed by atoms with E-state index in [2.05, 4.69) is 25.2 Å². The molecule has 0 saturated carbocycles. The van der Waals surface area contributed by atoms with Gasteiger partial charge >= 0.3 is 5.97 Å². The summed E-state index contributed by atoms with van der Waals surface area (Å²) in [7, 11) is 1.34. The number of ether oxygens (including phenoxy) is 1. The Kier molecular flexibility index (Phi) is 6.20. The number of anilines is 1. The van der Waals surface area contributed by atoms with Crippen LogP contribution in [0.1, 0.15) is 35.0 Å². The molecule has 1 aromatic carbocycles. The number of amides is 1. The largest absolute Gasteiger partial charge is 0.465 e. The minimum Gasteiger partial charge on any atom is -0.465 e. The number of carbonyl (C=O) groups is 2. The molecule has 9 heteroatoms. The second kappa shape index (κ2) is 9.19. The van der Waals surface area contributed by atoms with Crippen LogP contribution < -0.4 is 5.32 Å². The number of benzene rings is 1. The summed E-state index contributed by atoms with van der Waals surface area (Å²) < 4.78 is 10.5. The van der Waals surface area contributed by atoms with E-state index in [9.17, 15) is 9.59 Å². The van der Waals surface area contributed by atoms with Gasteiger partial charge in [-0.05, 0) is 61.6 Å². The highest BCUT2D eigenvalue weighted by atomic mass is 32.1. The predicted octanol–water partition coefficient (Wildman–Crippen LogP) is 3.40. The van der Waals surface area contributed by atoms with E-state index < -0.39 is 5.97 Å². The third kappa shape index (κ3) is 4.74. The lowest BCUT2D eigenvalue weighted by molar-refractivity contribution is -0.117. The number of likely N-dealkylation sites (tertiary alicyclic amines) is 1. The molecule has 0 unspecified atom stereocenters. The average molecular weight is 426 g/mol. The zero-order valence-electron chi connectivity index (χ0n) is 16.5. The Morgan fingerprint density at radius 2 is 1.97 bits per heavy atom. The van der Waals surface area contributed by atoms with E-state index in [1.165, 1.54) is 7.11 Å². The van der Waals surface area contributed by atoms with E-state index in [1.54, 1.807) is 35.6 Å². The first-order valence-corrected chi connectivity index (χ1v) is 10.6. The molecule has 0 bridgehead atoms. The summed E-state index contributed by atoms with van der Waals surface area (Å²) in [5, 5.41) is 15.2. The second-order valence-corrected chi connectivity index (χ2v) is 7.91. The summed E-state index contributed by atoms with van der Waals surface area (Å²) in [6.45, 7) is 1.89. The first-order valence-electron chi connectivity index (χ1n) is 9.69. The van der Waals surface area contributed by atoms with Crippen molar-refractivity contribution < 1.29 is 18.7 Å². The predicted molar refractivity (Wildman–Crippen MR) is 112 cm³/mol. The number of nitrogens with zero attached hydrogens (tertiary/aromatic N) is 3. The first kappa shape index (κ1) is 20.2. The molecular formula is C21H22N4O4S. The summed E-state index contributed by atoms with van der Waals surface area (Å²) in [6.07, 6.45) is 1.73. The molecular weight excluding hydrogens is 404 g/mol. The topological polar surface area (TPSA) is 97.6 Å². The monoisotopic (exact) mass is 426 g/mol. The fraction of sp³-hybridized carbons (Fsp3) is 0.333. The zero-order chi connectivity index (χ0) is 20.9. The molecule has 0 aliphatic carbocycles. The van der Waals surface area contributed by atoms with E-state index in [0.717, 1.165) is 31.5 Å². The van der Waals surface area contributed by atoms with E-state index in [0.29, 0.717) is 29.6 Å². The zero-order valence-corrected chi connectivity index (χ0v) is 17.4. The van der Waals surface area contributed by atoms with Gasteiger partial charge in [-0.1, -0.05) is 0 Å². The summed E-state index contributed by atoms with van der Waals surface area (Å²) in [5.41, 5.74) is 2.04. The highest BCUT2D eigenvalue weighted by Gasteiger charge is 2.26. The molecule has 4 rings (SSSR count). The van der Waals surface area contributed by atoms with Crippen molar-refractivity contribution in [2.45, 2.75) is 18.8 Å². The Labute approximate surface area is 177 Å². The standard InChI is InChI=1S/C21H22N4O4S/c1-28-21(27)15-2-4-17(5-3-15)22-18(26)12-25-9-6-14(7-10-25)19-23-24-20(29-19)16-8-11-30-13-16/h2-5,8,11,13-14H,6-7,9-10,12H2,1H3,(H,22,26). The van der Waals surface area contributed by atoms with Crippen molar-refractivity contribution in [3.05, 3.63) is 52.5 Å². The highest BCUT2D eigenvalue weighted by molar-refractivity contribution is 7.08. The third-order valence-corrected chi connectivity index (χ3v) is 5.79. The van der Waals surface area contributed by atoms with Gasteiger partial charge in [0.2, 0.25) is 17.7 Å². The maximum Gasteiger partial charge on any atom is 0.337 e. The molecule has 1 aliphatic rings. The van der Waals surface area contributed by atoms with Gasteiger partial charge in [-0.3, -0.25) is 9.69 Å². The molecule has 3 aromatic rings. The van der Waals surface area contributed by atoms with E-state index >= 15 is 0 Å². The third-order valence-electron chi connectivity index (χ3n) is 5.10. The van der Waals surface area contributed by atoms with Gasteiger partial charge in [0.1, 0.15) is 0 Å². The number of nitrogens with one attached hydrogen (secondary N) is 1. The van der Waals surface area contributed by atoms with Crippen molar-refractivity contribution in [3.8, 4) is 11.5 Å². The Morgan fingerprint density at radius 1 is 1.20 bits per heavy atom. The average Bonchev–Trinajstić information content (AvgIpc) is 3.46. The van der Waals surface area contributed by atoms with Crippen LogP contribution in [0.2, 0.25) is 0 Å². The van der Waals surface area contributed by atoms with Gasteiger partial charge in [-0.25, -0.2) is 4.79 Å².